The summed E-state index contributed by atoms with van der Waals surface area (Å²) in [5.41, 5.74) is 1.29. The fourth-order valence-electron chi connectivity index (χ4n) is 1.35. The van der Waals surface area contributed by atoms with Gasteiger partial charge in [-0.3, -0.25) is 9.78 Å². The molecule has 1 aromatic heterocycles. The van der Waals surface area contributed by atoms with Crippen molar-refractivity contribution in [2.24, 2.45) is 0 Å². The highest BCUT2D eigenvalue weighted by Crippen LogP contribution is 2.14. The summed E-state index contributed by atoms with van der Waals surface area (Å²) in [6.45, 7) is 0. The number of aromatic nitrogens is 1. The fraction of sp³-hybridized carbons (Fsp3) is 0. The van der Waals surface area contributed by atoms with Crippen molar-refractivity contribution in [3.05, 3.63) is 41.6 Å². The lowest BCUT2D eigenvalue weighted by Gasteiger charge is -1.99. The highest BCUT2D eigenvalue weighted by atomic mass is 16.4. The van der Waals surface area contributed by atoms with Gasteiger partial charge in [-0.15, -0.1) is 0 Å². The first-order valence-electron chi connectivity index (χ1n) is 4.29. The molecular formula is C11H7NO3. The molecule has 15 heavy (non-hydrogen) atoms. The van der Waals surface area contributed by atoms with Crippen LogP contribution in [-0.2, 0) is 0 Å². The lowest BCUT2D eigenvalue weighted by atomic mass is 10.1. The Kier molecular flexibility index (Phi) is 2.17. The van der Waals surface area contributed by atoms with Gasteiger partial charge in [-0.05, 0) is 24.3 Å². The van der Waals surface area contributed by atoms with Crippen LogP contribution in [0.25, 0.3) is 10.9 Å². The zero-order valence-electron chi connectivity index (χ0n) is 7.68. The van der Waals surface area contributed by atoms with Crippen molar-refractivity contribution in [3.63, 3.8) is 0 Å². The minimum atomic E-state index is -0.992. The second-order valence-electron chi connectivity index (χ2n) is 3.10. The first-order valence-corrected chi connectivity index (χ1v) is 4.29. The normalized spacial score (nSPS) is 10.1. The van der Waals surface area contributed by atoms with E-state index in [0.29, 0.717) is 22.8 Å². The van der Waals surface area contributed by atoms with E-state index in [2.05, 4.69) is 4.98 Å². The highest BCUT2D eigenvalue weighted by molar-refractivity contribution is 5.94. The van der Waals surface area contributed by atoms with Crippen molar-refractivity contribution < 1.29 is 14.7 Å². The molecule has 4 nitrogen and oxygen atoms in total. The molecule has 4 heteroatoms. The third-order valence-corrected chi connectivity index (χ3v) is 2.09. The number of rotatable bonds is 2. The predicted octanol–water partition coefficient (Wildman–Crippen LogP) is 1.75. The van der Waals surface area contributed by atoms with Gasteiger partial charge in [0.15, 0.2) is 6.29 Å². The van der Waals surface area contributed by atoms with Crippen LogP contribution >= 0.6 is 0 Å². The molecule has 1 aromatic carbocycles. The molecule has 0 bridgehead atoms. The zero-order chi connectivity index (χ0) is 10.8. The maximum atomic E-state index is 10.7. The van der Waals surface area contributed by atoms with Gasteiger partial charge in [0.05, 0.1) is 11.1 Å². The van der Waals surface area contributed by atoms with Crippen molar-refractivity contribution in [1.29, 1.82) is 0 Å². The Morgan fingerprint density at radius 2 is 2.13 bits per heavy atom. The van der Waals surface area contributed by atoms with Crippen LogP contribution in [0, 0.1) is 0 Å². The number of carbonyl (C=O) groups excluding carboxylic acids is 1. The number of aromatic carboxylic acids is 1. The zero-order valence-corrected chi connectivity index (χ0v) is 7.68. The van der Waals surface area contributed by atoms with Gasteiger partial charge in [-0.25, -0.2) is 4.79 Å². The number of aldehydes is 1. The molecule has 0 aliphatic rings. The first kappa shape index (κ1) is 9.33. The Morgan fingerprint density at radius 3 is 2.80 bits per heavy atom. The minimum absolute atomic E-state index is 0.187. The quantitative estimate of drug-likeness (QED) is 0.751. The summed E-state index contributed by atoms with van der Waals surface area (Å²) in [4.78, 5) is 25.3. The van der Waals surface area contributed by atoms with Crippen LogP contribution in [0.2, 0.25) is 0 Å². The van der Waals surface area contributed by atoms with Gasteiger partial charge in [-0.2, -0.15) is 0 Å². The molecule has 2 aromatic rings. The molecule has 0 aliphatic heterocycles. The van der Waals surface area contributed by atoms with Crippen molar-refractivity contribution in [2.75, 3.05) is 0 Å². The molecule has 0 unspecified atom stereocenters. The van der Waals surface area contributed by atoms with Crippen LogP contribution in [0.1, 0.15) is 20.7 Å². The van der Waals surface area contributed by atoms with Gasteiger partial charge >= 0.3 is 5.97 Å². The number of fused-ring (bicyclic) bond motifs is 1. The van der Waals surface area contributed by atoms with Crippen molar-refractivity contribution in [3.8, 4) is 0 Å². The predicted molar refractivity (Wildman–Crippen MR) is 54.1 cm³/mol. The molecule has 0 spiro atoms. The minimum Gasteiger partial charge on any atom is -0.478 e. The van der Waals surface area contributed by atoms with Gasteiger partial charge in [0, 0.05) is 17.1 Å². The van der Waals surface area contributed by atoms with Gasteiger partial charge < -0.3 is 5.11 Å². The summed E-state index contributed by atoms with van der Waals surface area (Å²) < 4.78 is 0. The number of carboxylic acids is 1. The molecule has 0 saturated carbocycles. The first-order chi connectivity index (χ1) is 7.20. The third-order valence-electron chi connectivity index (χ3n) is 2.09. The Hall–Kier alpha value is -2.23. The molecule has 1 N–H and O–H groups in total. The van der Waals surface area contributed by atoms with Crippen LogP contribution in [-0.4, -0.2) is 22.3 Å². The van der Waals surface area contributed by atoms with Gasteiger partial charge in [0.25, 0.3) is 0 Å². The van der Waals surface area contributed by atoms with E-state index in [1.807, 2.05) is 0 Å². The molecule has 0 fully saturated rings. The highest BCUT2D eigenvalue weighted by Gasteiger charge is 2.04. The molecule has 0 saturated heterocycles. The number of benzene rings is 1. The van der Waals surface area contributed by atoms with Crippen LogP contribution in [0.15, 0.2) is 30.5 Å². The molecular weight excluding hydrogens is 194 g/mol. The van der Waals surface area contributed by atoms with E-state index >= 15 is 0 Å². The maximum Gasteiger partial charge on any atom is 0.335 e. The monoisotopic (exact) mass is 201 g/mol. The number of carbonyl (C=O) groups is 2. The SMILES string of the molecule is O=Cc1cnc2ccc(C(=O)O)cc2c1. The van der Waals surface area contributed by atoms with Gasteiger partial charge in [-0.1, -0.05) is 0 Å². The lowest BCUT2D eigenvalue weighted by molar-refractivity contribution is 0.0697. The van der Waals surface area contributed by atoms with Crippen LogP contribution in [0.3, 0.4) is 0 Å². The van der Waals surface area contributed by atoms with Crippen LogP contribution in [0.4, 0.5) is 0 Å². The lowest BCUT2D eigenvalue weighted by Crippen LogP contribution is -1.96. The number of carboxylic acid groups (broad SMARTS) is 1. The average molecular weight is 201 g/mol. The summed E-state index contributed by atoms with van der Waals surface area (Å²) in [5, 5.41) is 9.43. The van der Waals surface area contributed by atoms with E-state index in [4.69, 9.17) is 5.11 Å². The van der Waals surface area contributed by atoms with E-state index in [0.717, 1.165) is 0 Å². The molecule has 0 amide bonds. The van der Waals surface area contributed by atoms with E-state index in [1.54, 1.807) is 12.1 Å². The maximum absolute atomic E-state index is 10.7. The Labute approximate surface area is 85.2 Å². The molecule has 2 rings (SSSR count). The van der Waals surface area contributed by atoms with E-state index in [9.17, 15) is 9.59 Å². The standard InChI is InChI=1S/C11H7NO3/c13-6-7-3-9-4-8(11(14)15)1-2-10(9)12-5-7/h1-6H,(H,14,15). The van der Waals surface area contributed by atoms with Gasteiger partial charge in [0.2, 0.25) is 0 Å². The smallest absolute Gasteiger partial charge is 0.335 e. The molecule has 1 heterocycles. The summed E-state index contributed by atoms with van der Waals surface area (Å²) >= 11 is 0. The van der Waals surface area contributed by atoms with E-state index in [-0.39, 0.29) is 5.56 Å². The largest absolute Gasteiger partial charge is 0.478 e. The number of hydrogen-bond donors (Lipinski definition) is 1. The van der Waals surface area contributed by atoms with Crippen molar-refractivity contribution in [2.45, 2.75) is 0 Å². The van der Waals surface area contributed by atoms with Crippen molar-refractivity contribution in [1.82, 2.24) is 4.98 Å². The Balaban J connectivity index is 2.67. The molecule has 0 atom stereocenters. The average Bonchev–Trinajstić information content (AvgIpc) is 2.27. The second kappa shape index (κ2) is 3.49. The summed E-state index contributed by atoms with van der Waals surface area (Å²) in [6, 6.07) is 6.21. The number of nitrogens with zero attached hydrogens (tertiary/aromatic N) is 1. The Bertz CT molecular complexity index is 549. The van der Waals surface area contributed by atoms with Gasteiger partial charge in [0.1, 0.15) is 0 Å². The Morgan fingerprint density at radius 1 is 1.33 bits per heavy atom. The van der Waals surface area contributed by atoms with Crippen molar-refractivity contribution >= 4 is 23.2 Å². The molecule has 0 aliphatic carbocycles. The summed E-state index contributed by atoms with van der Waals surface area (Å²) in [7, 11) is 0. The summed E-state index contributed by atoms with van der Waals surface area (Å²) in [5.74, 6) is -0.992. The van der Waals surface area contributed by atoms with E-state index < -0.39 is 5.97 Å². The topological polar surface area (TPSA) is 67.3 Å². The fourth-order valence-corrected chi connectivity index (χ4v) is 1.35. The van der Waals surface area contributed by atoms with Crippen LogP contribution < -0.4 is 0 Å². The van der Waals surface area contributed by atoms with E-state index in [1.165, 1.54) is 18.3 Å². The summed E-state index contributed by atoms with van der Waals surface area (Å²) in [6.07, 6.45) is 2.13. The third kappa shape index (κ3) is 1.69. The second-order valence-corrected chi connectivity index (χ2v) is 3.10. The molecule has 0 radical (unpaired) electrons. The van der Waals surface area contributed by atoms with Crippen LogP contribution in [0.5, 0.6) is 0 Å². The number of hydrogen-bond acceptors (Lipinski definition) is 3. The molecule has 74 valence electrons. The number of pyridine rings is 1.